The Morgan fingerprint density at radius 2 is 1.90 bits per heavy atom. The van der Waals surface area contributed by atoms with Gasteiger partial charge in [0.2, 0.25) is 0 Å². The molecule has 0 amide bonds. The van der Waals surface area contributed by atoms with E-state index in [-0.39, 0.29) is 6.10 Å². The van der Waals surface area contributed by atoms with Gasteiger partial charge in [-0.2, -0.15) is 0 Å². The fraction of sp³-hybridized carbons (Fsp3) is 1.00. The minimum atomic E-state index is -2.11. The molecule has 0 heterocycles. The molecule has 3 heteroatoms. The van der Waals surface area contributed by atoms with Gasteiger partial charge in [-0.3, -0.25) is 0 Å². The predicted octanol–water partition coefficient (Wildman–Crippen LogP) is -0.414. The molecule has 62 valence electrons. The van der Waals surface area contributed by atoms with E-state index in [0.29, 0.717) is 0 Å². The summed E-state index contributed by atoms with van der Waals surface area (Å²) in [7, 11) is 0. The highest BCUT2D eigenvalue weighted by molar-refractivity contribution is 4.51. The summed E-state index contributed by atoms with van der Waals surface area (Å²) in [4.78, 5) is 0. The molecule has 0 fully saturated rings. The summed E-state index contributed by atoms with van der Waals surface area (Å²) in [6, 6.07) is 0. The first-order chi connectivity index (χ1) is 4.70. The number of rotatable bonds is 5. The molecule has 0 aliphatic heterocycles. The summed E-state index contributed by atoms with van der Waals surface area (Å²) >= 11 is 0. The van der Waals surface area contributed by atoms with Gasteiger partial charge in [0.05, 0.1) is 6.10 Å². The van der Waals surface area contributed by atoms with Crippen LogP contribution < -0.4 is 10.2 Å². The highest BCUT2D eigenvalue weighted by Gasteiger charge is 2.01. The van der Waals surface area contributed by atoms with Gasteiger partial charge in [0.25, 0.3) is 0 Å². The maximum absolute atomic E-state index is 9.99. The van der Waals surface area contributed by atoms with Crippen LogP contribution in [0.2, 0.25) is 0 Å². The molecule has 0 saturated heterocycles. The van der Waals surface area contributed by atoms with Crippen LogP contribution in [0.15, 0.2) is 0 Å². The lowest BCUT2D eigenvalue weighted by Gasteiger charge is -2.33. The molecule has 0 aliphatic carbocycles. The first kappa shape index (κ1) is 9.88. The highest BCUT2D eigenvalue weighted by atomic mass is 16.7. The highest BCUT2D eigenvalue weighted by Crippen LogP contribution is 2.05. The van der Waals surface area contributed by atoms with Crippen molar-refractivity contribution in [2.45, 2.75) is 45.7 Å². The number of hydrogen-bond donors (Lipinski definition) is 0. The first-order valence-corrected chi connectivity index (χ1v) is 3.67. The molecule has 1 atom stereocenters. The smallest absolute Gasteiger partial charge is 0.0539 e. The van der Waals surface area contributed by atoms with Gasteiger partial charge in [0.15, 0.2) is 0 Å². The fourth-order valence-corrected chi connectivity index (χ4v) is 0.848. The summed E-state index contributed by atoms with van der Waals surface area (Å²) in [5, 5.41) is 20.0. The second-order valence-electron chi connectivity index (χ2n) is 2.24. The topological polar surface area (TPSA) is 55.3 Å². The maximum atomic E-state index is 9.99. The Morgan fingerprint density at radius 3 is 2.20 bits per heavy atom. The van der Waals surface area contributed by atoms with Gasteiger partial charge in [0.1, 0.15) is 0 Å². The molecule has 0 bridgehead atoms. The Hall–Kier alpha value is -0.120. The Labute approximate surface area is 61.6 Å². The maximum Gasteiger partial charge on any atom is 0.0539 e. The molecule has 0 saturated carbocycles. The molecule has 0 radical (unpaired) electrons. The van der Waals surface area contributed by atoms with Crippen LogP contribution in [0.5, 0.6) is 0 Å². The van der Waals surface area contributed by atoms with Gasteiger partial charge in [-0.1, -0.05) is 20.3 Å². The van der Waals surface area contributed by atoms with E-state index in [2.05, 4.69) is 4.74 Å². The first-order valence-electron chi connectivity index (χ1n) is 3.67. The Kier molecular flexibility index (Phi) is 5.58. The minimum Gasteiger partial charge on any atom is -0.845 e. The normalized spacial score (nSPS) is 14.1. The standard InChI is InChI=1S/C7H14O3/c1-3-5-6(4-2)10-7(8)9/h6-7H,3-5H2,1-2H3/q-2. The van der Waals surface area contributed by atoms with Crippen LogP contribution in [0.25, 0.3) is 0 Å². The largest absolute Gasteiger partial charge is 0.845 e. The Morgan fingerprint density at radius 1 is 1.30 bits per heavy atom. The van der Waals surface area contributed by atoms with Gasteiger partial charge in [-0.05, 0) is 12.8 Å². The molecule has 0 aromatic heterocycles. The second kappa shape index (κ2) is 5.65. The van der Waals surface area contributed by atoms with E-state index < -0.39 is 6.48 Å². The Balaban J connectivity index is 3.39. The van der Waals surface area contributed by atoms with Gasteiger partial charge in [-0.15, -0.1) is 6.48 Å². The molecule has 0 aliphatic rings. The van der Waals surface area contributed by atoms with Crippen molar-refractivity contribution >= 4 is 0 Å². The summed E-state index contributed by atoms with van der Waals surface area (Å²) in [5.41, 5.74) is 0. The summed E-state index contributed by atoms with van der Waals surface area (Å²) < 4.78 is 4.53. The molecule has 0 aromatic rings. The summed E-state index contributed by atoms with van der Waals surface area (Å²) in [5.74, 6) is 0. The van der Waals surface area contributed by atoms with Crippen molar-refractivity contribution in [3.63, 3.8) is 0 Å². The van der Waals surface area contributed by atoms with Crippen LogP contribution in [0, 0.1) is 0 Å². The summed E-state index contributed by atoms with van der Waals surface area (Å²) in [6.45, 7) is 1.79. The van der Waals surface area contributed by atoms with Crippen molar-refractivity contribution in [3.8, 4) is 0 Å². The molecule has 3 nitrogen and oxygen atoms in total. The van der Waals surface area contributed by atoms with Crippen molar-refractivity contribution in [1.29, 1.82) is 0 Å². The lowest BCUT2D eigenvalue weighted by Crippen LogP contribution is -2.43. The monoisotopic (exact) mass is 146 g/mol. The van der Waals surface area contributed by atoms with E-state index in [1.54, 1.807) is 0 Å². The van der Waals surface area contributed by atoms with Crippen LogP contribution >= 0.6 is 0 Å². The third-order valence-corrected chi connectivity index (χ3v) is 1.37. The van der Waals surface area contributed by atoms with Crippen LogP contribution in [-0.4, -0.2) is 12.6 Å². The van der Waals surface area contributed by atoms with E-state index >= 15 is 0 Å². The fourth-order valence-electron chi connectivity index (χ4n) is 0.848. The zero-order valence-corrected chi connectivity index (χ0v) is 6.50. The Bertz CT molecular complexity index is 73.3. The quantitative estimate of drug-likeness (QED) is 0.495. The number of ether oxygens (including phenoxy) is 1. The lowest BCUT2D eigenvalue weighted by atomic mass is 10.2. The predicted molar refractivity (Wildman–Crippen MR) is 33.9 cm³/mol. The second-order valence-corrected chi connectivity index (χ2v) is 2.24. The van der Waals surface area contributed by atoms with Crippen LogP contribution in [0.3, 0.4) is 0 Å². The zero-order valence-electron chi connectivity index (χ0n) is 6.50. The molecular weight excluding hydrogens is 132 g/mol. The van der Waals surface area contributed by atoms with E-state index in [0.717, 1.165) is 19.3 Å². The molecule has 10 heavy (non-hydrogen) atoms. The van der Waals surface area contributed by atoms with Gasteiger partial charge in [0, 0.05) is 0 Å². The molecule has 0 spiro atoms. The lowest BCUT2D eigenvalue weighted by molar-refractivity contribution is -0.722. The molecule has 0 rings (SSSR count). The van der Waals surface area contributed by atoms with Gasteiger partial charge >= 0.3 is 0 Å². The van der Waals surface area contributed by atoms with E-state index in [1.807, 2.05) is 13.8 Å². The van der Waals surface area contributed by atoms with Crippen molar-refractivity contribution in [2.75, 3.05) is 0 Å². The SMILES string of the molecule is CCCC(CC)OC([O-])[O-]. The zero-order chi connectivity index (χ0) is 7.98. The van der Waals surface area contributed by atoms with Crippen LogP contribution in [0.4, 0.5) is 0 Å². The van der Waals surface area contributed by atoms with E-state index in [9.17, 15) is 10.2 Å². The van der Waals surface area contributed by atoms with Crippen molar-refractivity contribution in [2.24, 2.45) is 0 Å². The average Bonchev–Trinajstić information content (AvgIpc) is 1.86. The van der Waals surface area contributed by atoms with Crippen molar-refractivity contribution in [1.82, 2.24) is 0 Å². The number of hydrogen-bond acceptors (Lipinski definition) is 3. The third kappa shape index (κ3) is 4.73. The van der Waals surface area contributed by atoms with Crippen LogP contribution in [-0.2, 0) is 4.74 Å². The van der Waals surface area contributed by atoms with E-state index in [1.165, 1.54) is 0 Å². The van der Waals surface area contributed by atoms with Crippen LogP contribution in [0.1, 0.15) is 33.1 Å². The molecule has 0 aromatic carbocycles. The van der Waals surface area contributed by atoms with Gasteiger partial charge in [-0.25, -0.2) is 0 Å². The minimum absolute atomic E-state index is 0.134. The van der Waals surface area contributed by atoms with Crippen molar-refractivity contribution in [3.05, 3.63) is 0 Å². The van der Waals surface area contributed by atoms with Gasteiger partial charge < -0.3 is 14.9 Å². The summed E-state index contributed by atoms with van der Waals surface area (Å²) in [6.07, 6.45) is 2.36. The van der Waals surface area contributed by atoms with E-state index in [4.69, 9.17) is 0 Å². The molecule has 0 N–H and O–H groups in total. The molecular formula is C7H14O3-2. The average molecular weight is 146 g/mol. The van der Waals surface area contributed by atoms with Crippen molar-refractivity contribution < 1.29 is 14.9 Å². The third-order valence-electron chi connectivity index (χ3n) is 1.37. The molecule has 1 unspecified atom stereocenters.